The van der Waals surface area contributed by atoms with Crippen LogP contribution < -0.4 is 0 Å². The number of rotatable bonds is 4. The number of hydrogen-bond acceptors (Lipinski definition) is 1. The van der Waals surface area contributed by atoms with E-state index in [1.807, 2.05) is 31.2 Å². The Bertz CT molecular complexity index is 285. The minimum absolute atomic E-state index is 0.816. The maximum absolute atomic E-state index is 10.5. The summed E-state index contributed by atoms with van der Waals surface area (Å²) in [7, 11) is 0. The lowest BCUT2D eigenvalue weighted by Gasteiger charge is -1.96. The molecule has 0 saturated heterocycles. The van der Waals surface area contributed by atoms with E-state index in [-0.39, 0.29) is 0 Å². The highest BCUT2D eigenvalue weighted by molar-refractivity contribution is 5.72. The maximum Gasteiger partial charge on any atom is 0.145 e. The molecular formula is C12H14O. The van der Waals surface area contributed by atoms with Gasteiger partial charge in [0.25, 0.3) is 0 Å². The summed E-state index contributed by atoms with van der Waals surface area (Å²) < 4.78 is 0. The van der Waals surface area contributed by atoms with Crippen molar-refractivity contribution in [2.24, 2.45) is 0 Å². The second-order valence-electron chi connectivity index (χ2n) is 2.94. The highest BCUT2D eigenvalue weighted by atomic mass is 16.1. The van der Waals surface area contributed by atoms with Gasteiger partial charge in [0.05, 0.1) is 0 Å². The number of allylic oxidation sites excluding steroid dienone is 2. The summed E-state index contributed by atoms with van der Waals surface area (Å²) >= 11 is 0. The summed E-state index contributed by atoms with van der Waals surface area (Å²) in [4.78, 5) is 10.5. The third-order valence-electron chi connectivity index (χ3n) is 2.00. The summed E-state index contributed by atoms with van der Waals surface area (Å²) in [5, 5.41) is 0. The fourth-order valence-electron chi connectivity index (χ4n) is 1.14. The highest BCUT2D eigenvalue weighted by Gasteiger charge is 1.91. The van der Waals surface area contributed by atoms with Crippen molar-refractivity contribution in [2.75, 3.05) is 0 Å². The normalized spacial score (nSPS) is 11.3. The van der Waals surface area contributed by atoms with Gasteiger partial charge in [-0.15, -0.1) is 0 Å². The summed E-state index contributed by atoms with van der Waals surface area (Å²) in [6.07, 6.45) is 4.59. The lowest BCUT2D eigenvalue weighted by atomic mass is 10.1. The molecular weight excluding hydrogens is 160 g/mol. The molecule has 0 radical (unpaired) electrons. The zero-order chi connectivity index (χ0) is 9.52. The van der Waals surface area contributed by atoms with E-state index >= 15 is 0 Å². The first-order chi connectivity index (χ1) is 6.36. The van der Waals surface area contributed by atoms with Crippen molar-refractivity contribution in [1.82, 2.24) is 0 Å². The third kappa shape index (κ3) is 3.24. The van der Waals surface area contributed by atoms with E-state index in [2.05, 4.69) is 12.1 Å². The number of hydrogen-bond donors (Lipinski definition) is 0. The number of benzene rings is 1. The topological polar surface area (TPSA) is 17.1 Å². The molecule has 0 atom stereocenters. The summed E-state index contributed by atoms with van der Waals surface area (Å²) in [5.41, 5.74) is 2.12. The van der Waals surface area contributed by atoms with E-state index in [0.29, 0.717) is 0 Å². The SMILES string of the molecule is CC/C(C=O)=C\Cc1ccccc1. The van der Waals surface area contributed by atoms with Gasteiger partial charge in [0, 0.05) is 0 Å². The van der Waals surface area contributed by atoms with Gasteiger partial charge >= 0.3 is 0 Å². The first-order valence-electron chi connectivity index (χ1n) is 4.55. The van der Waals surface area contributed by atoms with Crippen molar-refractivity contribution < 1.29 is 4.79 Å². The molecule has 0 amide bonds. The van der Waals surface area contributed by atoms with Gasteiger partial charge in [-0.1, -0.05) is 43.3 Å². The van der Waals surface area contributed by atoms with Crippen LogP contribution in [0.1, 0.15) is 18.9 Å². The number of aldehydes is 1. The predicted octanol–water partition coefficient (Wildman–Crippen LogP) is 2.76. The van der Waals surface area contributed by atoms with Crippen LogP contribution in [0.4, 0.5) is 0 Å². The fraction of sp³-hybridized carbons (Fsp3) is 0.250. The molecule has 0 heterocycles. The Morgan fingerprint density at radius 2 is 2.00 bits per heavy atom. The molecule has 0 saturated carbocycles. The van der Waals surface area contributed by atoms with Crippen LogP contribution in [0.25, 0.3) is 0 Å². The standard InChI is InChI=1S/C12H14O/c1-2-11(10-13)8-9-12-6-4-3-5-7-12/h3-8,10H,2,9H2,1H3/b11-8+. The second kappa shape index (κ2) is 5.31. The first-order valence-corrected chi connectivity index (χ1v) is 4.55. The molecule has 0 aliphatic rings. The van der Waals surface area contributed by atoms with Crippen LogP contribution in [-0.4, -0.2) is 6.29 Å². The lowest BCUT2D eigenvalue weighted by molar-refractivity contribution is -0.105. The van der Waals surface area contributed by atoms with Gasteiger partial charge in [-0.05, 0) is 24.0 Å². The first kappa shape index (κ1) is 9.72. The maximum atomic E-state index is 10.5. The van der Waals surface area contributed by atoms with E-state index in [1.54, 1.807) is 0 Å². The van der Waals surface area contributed by atoms with Crippen molar-refractivity contribution in [3.05, 3.63) is 47.5 Å². The van der Waals surface area contributed by atoms with Gasteiger partial charge in [0.1, 0.15) is 6.29 Å². The Labute approximate surface area is 79.1 Å². The number of carbonyl (C=O) groups is 1. The summed E-state index contributed by atoms with van der Waals surface area (Å²) in [6, 6.07) is 10.1. The van der Waals surface area contributed by atoms with E-state index in [4.69, 9.17) is 0 Å². The Morgan fingerprint density at radius 1 is 1.31 bits per heavy atom. The van der Waals surface area contributed by atoms with E-state index < -0.39 is 0 Å². The van der Waals surface area contributed by atoms with Crippen LogP contribution >= 0.6 is 0 Å². The second-order valence-corrected chi connectivity index (χ2v) is 2.94. The molecule has 1 rings (SSSR count). The van der Waals surface area contributed by atoms with Crippen LogP contribution in [0.15, 0.2) is 42.0 Å². The monoisotopic (exact) mass is 174 g/mol. The Morgan fingerprint density at radius 3 is 2.54 bits per heavy atom. The molecule has 68 valence electrons. The smallest absolute Gasteiger partial charge is 0.145 e. The predicted molar refractivity (Wildman–Crippen MR) is 54.6 cm³/mol. The molecule has 0 bridgehead atoms. The quantitative estimate of drug-likeness (QED) is 0.506. The molecule has 13 heavy (non-hydrogen) atoms. The average Bonchev–Trinajstić information content (AvgIpc) is 2.21. The third-order valence-corrected chi connectivity index (χ3v) is 2.00. The minimum atomic E-state index is 0.816. The zero-order valence-electron chi connectivity index (χ0n) is 7.86. The van der Waals surface area contributed by atoms with E-state index in [9.17, 15) is 4.79 Å². The zero-order valence-corrected chi connectivity index (χ0v) is 7.86. The van der Waals surface area contributed by atoms with Gasteiger partial charge in [0.15, 0.2) is 0 Å². The molecule has 0 fully saturated rings. The van der Waals surface area contributed by atoms with Crippen molar-refractivity contribution in [2.45, 2.75) is 19.8 Å². The molecule has 0 aliphatic carbocycles. The Kier molecular flexibility index (Phi) is 3.97. The number of carbonyl (C=O) groups excluding carboxylic acids is 1. The van der Waals surface area contributed by atoms with E-state index in [1.165, 1.54) is 5.56 Å². The van der Waals surface area contributed by atoms with Crippen LogP contribution in [0.5, 0.6) is 0 Å². The van der Waals surface area contributed by atoms with Crippen LogP contribution in [0.3, 0.4) is 0 Å². The molecule has 1 aromatic rings. The Hall–Kier alpha value is -1.37. The molecule has 1 heteroatoms. The summed E-state index contributed by atoms with van der Waals surface area (Å²) in [5.74, 6) is 0. The largest absolute Gasteiger partial charge is 0.298 e. The van der Waals surface area contributed by atoms with Crippen LogP contribution in [0, 0.1) is 0 Å². The molecule has 1 aromatic carbocycles. The molecule has 0 unspecified atom stereocenters. The van der Waals surface area contributed by atoms with Crippen molar-refractivity contribution >= 4 is 6.29 Å². The molecule has 0 N–H and O–H groups in total. The van der Waals surface area contributed by atoms with Crippen molar-refractivity contribution in [3.63, 3.8) is 0 Å². The van der Waals surface area contributed by atoms with Gasteiger partial charge in [-0.2, -0.15) is 0 Å². The van der Waals surface area contributed by atoms with Crippen molar-refractivity contribution in [3.8, 4) is 0 Å². The lowest BCUT2D eigenvalue weighted by Crippen LogP contribution is -1.85. The average molecular weight is 174 g/mol. The molecule has 1 nitrogen and oxygen atoms in total. The fourth-order valence-corrected chi connectivity index (χ4v) is 1.14. The van der Waals surface area contributed by atoms with Gasteiger partial charge in [-0.3, -0.25) is 4.79 Å². The molecule has 0 aromatic heterocycles. The van der Waals surface area contributed by atoms with Crippen molar-refractivity contribution in [1.29, 1.82) is 0 Å². The van der Waals surface area contributed by atoms with Crippen LogP contribution in [0.2, 0.25) is 0 Å². The van der Waals surface area contributed by atoms with Gasteiger partial charge < -0.3 is 0 Å². The minimum Gasteiger partial charge on any atom is -0.298 e. The van der Waals surface area contributed by atoms with Gasteiger partial charge in [0.2, 0.25) is 0 Å². The van der Waals surface area contributed by atoms with E-state index in [0.717, 1.165) is 24.7 Å². The van der Waals surface area contributed by atoms with Gasteiger partial charge in [-0.25, -0.2) is 0 Å². The summed E-state index contributed by atoms with van der Waals surface area (Å²) in [6.45, 7) is 1.99. The Balaban J connectivity index is 2.60. The highest BCUT2D eigenvalue weighted by Crippen LogP contribution is 2.03. The molecule has 0 spiro atoms. The molecule has 0 aliphatic heterocycles. The van der Waals surface area contributed by atoms with Crippen LogP contribution in [-0.2, 0) is 11.2 Å².